The fraction of sp³-hybridized carbons (Fsp3) is 0.300. The topological polar surface area (TPSA) is 63.2 Å². The molecule has 0 heterocycles. The van der Waals surface area contributed by atoms with Crippen LogP contribution in [-0.4, -0.2) is 20.1 Å². The van der Waals surface area contributed by atoms with Crippen LogP contribution in [0.5, 0.6) is 0 Å². The van der Waals surface area contributed by atoms with Crippen molar-refractivity contribution in [2.75, 3.05) is 6.54 Å². The van der Waals surface area contributed by atoms with Gasteiger partial charge in [-0.15, -0.1) is 0 Å². The molecule has 0 aromatic heterocycles. The van der Waals surface area contributed by atoms with Gasteiger partial charge in [-0.2, -0.15) is 0 Å². The van der Waals surface area contributed by atoms with E-state index in [1.165, 1.54) is 13.0 Å². The predicted octanol–water partition coefficient (Wildman–Crippen LogP) is 1.62. The lowest BCUT2D eigenvalue weighted by molar-refractivity contribution is -0.109. The summed E-state index contributed by atoms with van der Waals surface area (Å²) >= 11 is 0.920. The van der Waals surface area contributed by atoms with Crippen molar-refractivity contribution < 1.29 is 13.2 Å². The quantitative estimate of drug-likeness (QED) is 0.835. The van der Waals surface area contributed by atoms with E-state index in [2.05, 4.69) is 4.72 Å². The highest BCUT2D eigenvalue weighted by atomic mass is 32.2. The maximum Gasteiger partial charge on any atom is 0.241 e. The van der Waals surface area contributed by atoms with Gasteiger partial charge in [-0.1, -0.05) is 30.8 Å². The molecule has 0 saturated carbocycles. The second kappa shape index (κ2) is 5.47. The number of carbonyl (C=O) groups excluding carboxylic acids is 1. The zero-order valence-corrected chi connectivity index (χ0v) is 10.7. The van der Waals surface area contributed by atoms with Crippen molar-refractivity contribution in [3.8, 4) is 0 Å². The lowest BCUT2D eigenvalue weighted by Crippen LogP contribution is -2.23. The van der Waals surface area contributed by atoms with Gasteiger partial charge in [0.15, 0.2) is 5.12 Å². The Morgan fingerprint density at radius 1 is 1.38 bits per heavy atom. The smallest absolute Gasteiger partial charge is 0.241 e. The Morgan fingerprint density at radius 3 is 2.56 bits per heavy atom. The number of hydrogen-bond donors (Lipinski definition) is 1. The van der Waals surface area contributed by atoms with Gasteiger partial charge < -0.3 is 0 Å². The van der Waals surface area contributed by atoms with E-state index in [-0.39, 0.29) is 10.0 Å². The first-order chi connectivity index (χ1) is 7.47. The third kappa shape index (κ3) is 3.33. The van der Waals surface area contributed by atoms with Gasteiger partial charge >= 0.3 is 0 Å². The van der Waals surface area contributed by atoms with Crippen LogP contribution in [0.3, 0.4) is 0 Å². The summed E-state index contributed by atoms with van der Waals surface area (Å²) in [6.07, 6.45) is 0. The lowest BCUT2D eigenvalue weighted by Gasteiger charge is -2.08. The minimum absolute atomic E-state index is 0.140. The SMILES string of the molecule is CCNS(=O)(=O)c1ccccc1SC(C)=O. The van der Waals surface area contributed by atoms with Crippen LogP contribution in [0.15, 0.2) is 34.1 Å². The van der Waals surface area contributed by atoms with Crippen molar-refractivity contribution in [1.82, 2.24) is 4.72 Å². The molecule has 0 saturated heterocycles. The molecular weight excluding hydrogens is 246 g/mol. The minimum atomic E-state index is -3.51. The molecule has 1 N–H and O–H groups in total. The molecule has 0 aliphatic rings. The molecule has 0 amide bonds. The molecule has 88 valence electrons. The minimum Gasteiger partial charge on any atom is -0.287 e. The molecule has 0 atom stereocenters. The highest BCUT2D eigenvalue weighted by Crippen LogP contribution is 2.26. The summed E-state index contributed by atoms with van der Waals surface area (Å²) < 4.78 is 26.0. The summed E-state index contributed by atoms with van der Waals surface area (Å²) in [6, 6.07) is 6.45. The monoisotopic (exact) mass is 259 g/mol. The Bertz CT molecular complexity index is 483. The second-order valence-electron chi connectivity index (χ2n) is 3.04. The number of thioether (sulfide) groups is 1. The maximum absolute atomic E-state index is 11.8. The Balaban J connectivity index is 3.18. The van der Waals surface area contributed by atoms with Crippen LogP contribution in [0.4, 0.5) is 0 Å². The predicted molar refractivity (Wildman–Crippen MR) is 63.8 cm³/mol. The van der Waals surface area contributed by atoms with Crippen LogP contribution in [0.2, 0.25) is 0 Å². The van der Waals surface area contributed by atoms with Gasteiger partial charge in [-0.05, 0) is 12.1 Å². The molecule has 1 aromatic carbocycles. The van der Waals surface area contributed by atoms with Gasteiger partial charge in [0.25, 0.3) is 0 Å². The molecule has 0 bridgehead atoms. The van der Waals surface area contributed by atoms with Gasteiger partial charge in [-0.25, -0.2) is 13.1 Å². The molecule has 0 radical (unpaired) electrons. The van der Waals surface area contributed by atoms with Crippen LogP contribution < -0.4 is 4.72 Å². The van der Waals surface area contributed by atoms with Crippen LogP contribution in [-0.2, 0) is 14.8 Å². The van der Waals surface area contributed by atoms with Crippen LogP contribution in [0, 0.1) is 0 Å². The van der Waals surface area contributed by atoms with E-state index in [9.17, 15) is 13.2 Å². The Hall–Kier alpha value is -0.850. The largest absolute Gasteiger partial charge is 0.287 e. The number of benzene rings is 1. The van der Waals surface area contributed by atoms with E-state index in [4.69, 9.17) is 0 Å². The standard InChI is InChI=1S/C10H13NO3S2/c1-3-11-16(13,14)10-7-5-4-6-9(10)15-8(2)12/h4-7,11H,3H2,1-2H3. The summed E-state index contributed by atoms with van der Waals surface area (Å²) in [4.78, 5) is 11.6. The second-order valence-corrected chi connectivity index (χ2v) is 6.00. The summed E-state index contributed by atoms with van der Waals surface area (Å²) in [5, 5.41) is -0.140. The summed E-state index contributed by atoms with van der Waals surface area (Å²) in [5.41, 5.74) is 0. The van der Waals surface area contributed by atoms with Gasteiger partial charge in [0.1, 0.15) is 0 Å². The molecule has 0 fully saturated rings. The first kappa shape index (κ1) is 13.2. The first-order valence-corrected chi connectivity index (χ1v) is 7.04. The zero-order valence-electron chi connectivity index (χ0n) is 9.06. The molecular formula is C10H13NO3S2. The number of hydrogen-bond acceptors (Lipinski definition) is 4. The summed E-state index contributed by atoms with van der Waals surface area (Å²) in [6.45, 7) is 3.43. The fourth-order valence-electron chi connectivity index (χ4n) is 1.18. The van der Waals surface area contributed by atoms with Crippen LogP contribution in [0.1, 0.15) is 13.8 Å². The first-order valence-electron chi connectivity index (χ1n) is 4.74. The van der Waals surface area contributed by atoms with Crippen LogP contribution >= 0.6 is 11.8 Å². The third-order valence-corrected chi connectivity index (χ3v) is 4.32. The highest BCUT2D eigenvalue weighted by Gasteiger charge is 2.17. The molecule has 0 unspecified atom stereocenters. The molecule has 0 aliphatic heterocycles. The fourth-order valence-corrected chi connectivity index (χ4v) is 3.38. The van der Waals surface area contributed by atoms with Gasteiger partial charge in [0, 0.05) is 18.4 Å². The Labute approximate surface area is 99.5 Å². The van der Waals surface area contributed by atoms with Gasteiger partial charge in [0.05, 0.1) is 4.90 Å². The van der Waals surface area contributed by atoms with Crippen molar-refractivity contribution in [2.24, 2.45) is 0 Å². The summed E-state index contributed by atoms with van der Waals surface area (Å²) in [7, 11) is -3.51. The highest BCUT2D eigenvalue weighted by molar-refractivity contribution is 8.13. The molecule has 0 aliphatic carbocycles. The molecule has 0 spiro atoms. The van der Waals surface area contributed by atoms with Crippen molar-refractivity contribution in [3.05, 3.63) is 24.3 Å². The normalized spacial score (nSPS) is 11.4. The molecule has 1 rings (SSSR count). The van der Waals surface area contributed by atoms with E-state index in [0.29, 0.717) is 11.4 Å². The van der Waals surface area contributed by atoms with E-state index in [0.717, 1.165) is 11.8 Å². The number of nitrogens with one attached hydrogen (secondary N) is 1. The maximum atomic E-state index is 11.8. The molecule has 16 heavy (non-hydrogen) atoms. The van der Waals surface area contributed by atoms with Crippen LogP contribution in [0.25, 0.3) is 0 Å². The van der Waals surface area contributed by atoms with E-state index >= 15 is 0 Å². The van der Waals surface area contributed by atoms with Gasteiger partial charge in [0.2, 0.25) is 10.0 Å². The van der Waals surface area contributed by atoms with Crippen molar-refractivity contribution in [3.63, 3.8) is 0 Å². The van der Waals surface area contributed by atoms with Gasteiger partial charge in [-0.3, -0.25) is 4.79 Å². The lowest BCUT2D eigenvalue weighted by atomic mass is 10.4. The van der Waals surface area contributed by atoms with E-state index in [1.807, 2.05) is 0 Å². The molecule has 6 heteroatoms. The number of rotatable bonds is 4. The van der Waals surface area contributed by atoms with E-state index < -0.39 is 10.0 Å². The Kier molecular flexibility index (Phi) is 4.52. The molecule has 1 aromatic rings. The van der Waals surface area contributed by atoms with E-state index in [1.54, 1.807) is 25.1 Å². The number of carbonyl (C=O) groups is 1. The van der Waals surface area contributed by atoms with Crippen molar-refractivity contribution >= 4 is 26.9 Å². The average molecular weight is 259 g/mol. The molecule has 4 nitrogen and oxygen atoms in total. The third-order valence-electron chi connectivity index (χ3n) is 1.73. The zero-order chi connectivity index (χ0) is 12.2. The average Bonchev–Trinajstić information content (AvgIpc) is 2.17. The Morgan fingerprint density at radius 2 is 2.00 bits per heavy atom. The summed E-state index contributed by atoms with van der Waals surface area (Å²) in [5.74, 6) is 0. The van der Waals surface area contributed by atoms with Crippen molar-refractivity contribution in [1.29, 1.82) is 0 Å². The van der Waals surface area contributed by atoms with Crippen molar-refractivity contribution in [2.45, 2.75) is 23.6 Å². The number of sulfonamides is 1.